The number of benzene rings is 2. The number of nitrogens with zero attached hydrogens (tertiary/aromatic N) is 7. The Bertz CT molecular complexity index is 1810. The fourth-order valence-corrected chi connectivity index (χ4v) is 5.16. The molecule has 14 heteroatoms. The monoisotopic (exact) mass is 604 g/mol. The van der Waals surface area contributed by atoms with E-state index in [1.165, 1.54) is 46.8 Å². The number of nitrogens with one attached hydrogen (secondary N) is 1. The SMILES string of the molecule is Cn1nnnc1-n1c(SCc2cccc(NC(=O)C(F)(F)Oc3ccccc3)n2)nc2ccc(C#C[Si](C)(C)C)cc21. The van der Waals surface area contributed by atoms with Crippen LogP contribution >= 0.6 is 11.8 Å². The molecule has 10 nitrogen and oxygen atoms in total. The Labute approximate surface area is 245 Å². The van der Waals surface area contributed by atoms with E-state index < -0.39 is 20.1 Å². The number of amides is 1. The van der Waals surface area contributed by atoms with Crippen molar-refractivity contribution in [3.05, 3.63) is 78.0 Å². The van der Waals surface area contributed by atoms with Gasteiger partial charge in [-0.05, 0) is 52.9 Å². The minimum atomic E-state index is -4.10. The number of imidazole rings is 1. The summed E-state index contributed by atoms with van der Waals surface area (Å²) in [5.74, 6) is 2.26. The number of carbonyl (C=O) groups excluding carboxylic acids is 1. The molecule has 0 aliphatic heterocycles. The molecule has 0 atom stereocenters. The van der Waals surface area contributed by atoms with Crippen LogP contribution in [0.2, 0.25) is 19.6 Å². The highest BCUT2D eigenvalue weighted by Crippen LogP contribution is 2.30. The zero-order chi connectivity index (χ0) is 29.9. The van der Waals surface area contributed by atoms with Crippen molar-refractivity contribution in [3.8, 4) is 23.2 Å². The largest absolute Gasteiger partial charge is 0.482 e. The fraction of sp³-hybridized carbons (Fsp3) is 0.214. The Balaban J connectivity index is 1.37. The quantitative estimate of drug-likeness (QED) is 0.148. The number of rotatable bonds is 8. The van der Waals surface area contributed by atoms with Gasteiger partial charge < -0.3 is 10.1 Å². The van der Waals surface area contributed by atoms with Gasteiger partial charge in [0.1, 0.15) is 19.6 Å². The molecule has 0 bridgehead atoms. The van der Waals surface area contributed by atoms with Crippen molar-refractivity contribution in [1.29, 1.82) is 0 Å². The fourth-order valence-electron chi connectivity index (χ4n) is 3.73. The standard InChI is InChI=1S/C28H26F2N8O2SSi/c1-37-26(34-35-36-37)38-23-17-19(15-16-42(2,3)4)13-14-22(23)32-27(38)41-18-20-9-8-12-24(31-20)33-25(39)28(29,30)40-21-10-6-5-7-11-21/h5-14,17H,18H2,1-4H3,(H,31,33,39). The molecule has 0 saturated heterocycles. The van der Waals surface area contributed by atoms with Crippen molar-refractivity contribution in [2.75, 3.05) is 5.32 Å². The van der Waals surface area contributed by atoms with Gasteiger partial charge in [0.15, 0.2) is 5.16 Å². The summed E-state index contributed by atoms with van der Waals surface area (Å²) >= 11 is 1.36. The molecule has 1 amide bonds. The summed E-state index contributed by atoms with van der Waals surface area (Å²) in [7, 11) is 0.154. The molecule has 3 aromatic heterocycles. The van der Waals surface area contributed by atoms with Gasteiger partial charge >= 0.3 is 12.0 Å². The van der Waals surface area contributed by atoms with Crippen molar-refractivity contribution < 1.29 is 18.3 Å². The smallest absolute Gasteiger partial charge is 0.425 e. The Morgan fingerprint density at radius 1 is 1.07 bits per heavy atom. The predicted molar refractivity (Wildman–Crippen MR) is 158 cm³/mol. The lowest BCUT2D eigenvalue weighted by Gasteiger charge is -2.17. The molecule has 0 saturated carbocycles. The maximum atomic E-state index is 14.4. The van der Waals surface area contributed by atoms with Crippen LogP contribution in [0.25, 0.3) is 17.0 Å². The van der Waals surface area contributed by atoms with Crippen LogP contribution < -0.4 is 10.1 Å². The molecular weight excluding hydrogens is 579 g/mol. The van der Waals surface area contributed by atoms with E-state index in [1.807, 2.05) is 22.8 Å². The van der Waals surface area contributed by atoms with E-state index in [0.717, 1.165) is 16.6 Å². The lowest BCUT2D eigenvalue weighted by atomic mass is 10.2. The third-order valence-corrected chi connectivity index (χ3v) is 7.50. The van der Waals surface area contributed by atoms with Gasteiger partial charge in [-0.1, -0.05) is 66.7 Å². The third kappa shape index (κ3) is 6.81. The second kappa shape index (κ2) is 11.7. The second-order valence-electron chi connectivity index (χ2n) is 10.2. The highest BCUT2D eigenvalue weighted by atomic mass is 32.2. The number of thioether (sulfide) groups is 1. The van der Waals surface area contributed by atoms with Crippen LogP contribution in [0, 0.1) is 11.5 Å². The maximum absolute atomic E-state index is 14.4. The van der Waals surface area contributed by atoms with E-state index in [4.69, 9.17) is 4.98 Å². The molecule has 0 unspecified atom stereocenters. The third-order valence-electron chi connectivity index (χ3n) is 5.65. The number of anilines is 1. The molecular formula is C28H26F2N8O2SSi. The first-order valence-electron chi connectivity index (χ1n) is 12.8. The van der Waals surface area contributed by atoms with E-state index in [1.54, 1.807) is 25.2 Å². The van der Waals surface area contributed by atoms with Crippen molar-refractivity contribution in [1.82, 2.24) is 34.7 Å². The number of halogens is 2. The minimum Gasteiger partial charge on any atom is -0.425 e. The van der Waals surface area contributed by atoms with Crippen LogP contribution in [-0.2, 0) is 17.6 Å². The molecule has 3 heterocycles. The molecule has 0 fully saturated rings. The second-order valence-corrected chi connectivity index (χ2v) is 15.9. The molecule has 0 radical (unpaired) electrons. The molecule has 0 aliphatic carbocycles. The summed E-state index contributed by atoms with van der Waals surface area (Å²) in [5, 5.41) is 14.7. The van der Waals surface area contributed by atoms with Crippen LogP contribution in [0.1, 0.15) is 11.3 Å². The van der Waals surface area contributed by atoms with Gasteiger partial charge in [-0.25, -0.2) is 14.6 Å². The van der Waals surface area contributed by atoms with Crippen LogP contribution in [0.4, 0.5) is 14.6 Å². The summed E-state index contributed by atoms with van der Waals surface area (Å²) in [6.45, 7) is 6.55. The molecule has 5 rings (SSSR count). The molecule has 5 aromatic rings. The lowest BCUT2D eigenvalue weighted by molar-refractivity contribution is -0.187. The Morgan fingerprint density at radius 3 is 2.57 bits per heavy atom. The van der Waals surface area contributed by atoms with E-state index >= 15 is 0 Å². The summed E-state index contributed by atoms with van der Waals surface area (Å²) in [6, 6.07) is 17.9. The van der Waals surface area contributed by atoms with Crippen molar-refractivity contribution in [2.45, 2.75) is 36.7 Å². The number of tetrazole rings is 1. The van der Waals surface area contributed by atoms with Crippen molar-refractivity contribution >= 4 is 42.6 Å². The number of aryl methyl sites for hydroxylation is 1. The van der Waals surface area contributed by atoms with Gasteiger partial charge in [-0.3, -0.25) is 9.36 Å². The van der Waals surface area contributed by atoms with Gasteiger partial charge in [-0.2, -0.15) is 8.78 Å². The van der Waals surface area contributed by atoms with Crippen LogP contribution in [0.3, 0.4) is 0 Å². The van der Waals surface area contributed by atoms with Gasteiger partial charge in [0, 0.05) is 18.4 Å². The molecule has 0 spiro atoms. The van der Waals surface area contributed by atoms with Crippen LogP contribution in [-0.4, -0.2) is 54.8 Å². The molecule has 42 heavy (non-hydrogen) atoms. The summed E-state index contributed by atoms with van der Waals surface area (Å²) in [5.41, 5.74) is 6.28. The highest BCUT2D eigenvalue weighted by Gasteiger charge is 2.42. The minimum absolute atomic E-state index is 0.0361. The first-order chi connectivity index (χ1) is 20.0. The predicted octanol–water partition coefficient (Wildman–Crippen LogP) is 5.08. The number of carbonyl (C=O) groups is 1. The molecule has 214 valence electrons. The van der Waals surface area contributed by atoms with Crippen LogP contribution in [0.15, 0.2) is 71.9 Å². The number of alkyl halides is 2. The van der Waals surface area contributed by atoms with Gasteiger partial charge in [0.05, 0.1) is 16.7 Å². The first kappa shape index (κ1) is 28.9. The average molecular weight is 605 g/mol. The number of pyridine rings is 1. The number of para-hydroxylation sites is 1. The summed E-state index contributed by atoms with van der Waals surface area (Å²) in [6.07, 6.45) is -4.10. The maximum Gasteiger partial charge on any atom is 0.482 e. The molecule has 1 N–H and O–H groups in total. The zero-order valence-corrected chi connectivity index (χ0v) is 25.0. The van der Waals surface area contributed by atoms with Gasteiger partial charge in [-0.15, -0.1) is 5.54 Å². The number of fused-ring (bicyclic) bond motifs is 1. The lowest BCUT2D eigenvalue weighted by Crippen LogP contribution is -2.40. The average Bonchev–Trinajstić information content (AvgIpc) is 3.52. The Hall–Kier alpha value is -4.61. The Kier molecular flexibility index (Phi) is 8.06. The van der Waals surface area contributed by atoms with E-state index in [2.05, 4.69) is 61.7 Å². The summed E-state index contributed by atoms with van der Waals surface area (Å²) < 4.78 is 36.8. The summed E-state index contributed by atoms with van der Waals surface area (Å²) in [4.78, 5) is 21.4. The van der Waals surface area contributed by atoms with Crippen molar-refractivity contribution in [3.63, 3.8) is 0 Å². The Morgan fingerprint density at radius 2 is 1.86 bits per heavy atom. The highest BCUT2D eigenvalue weighted by molar-refractivity contribution is 7.98. The number of hydrogen-bond acceptors (Lipinski definition) is 8. The van der Waals surface area contributed by atoms with Gasteiger partial charge in [0.2, 0.25) is 0 Å². The van der Waals surface area contributed by atoms with E-state index in [-0.39, 0.29) is 11.6 Å². The topological polar surface area (TPSA) is 113 Å². The van der Waals surface area contributed by atoms with E-state index in [9.17, 15) is 13.6 Å². The number of aromatic nitrogens is 7. The zero-order valence-electron chi connectivity index (χ0n) is 23.2. The van der Waals surface area contributed by atoms with E-state index in [0.29, 0.717) is 22.6 Å². The molecule has 2 aromatic carbocycles. The molecule has 0 aliphatic rings. The number of ether oxygens (including phenoxy) is 1. The van der Waals surface area contributed by atoms with Gasteiger partial charge in [0.25, 0.3) is 5.95 Å². The van der Waals surface area contributed by atoms with Crippen molar-refractivity contribution in [2.24, 2.45) is 7.05 Å². The number of hydrogen-bond donors (Lipinski definition) is 1. The normalized spacial score (nSPS) is 11.7. The van der Waals surface area contributed by atoms with Crippen LogP contribution in [0.5, 0.6) is 5.75 Å². The first-order valence-corrected chi connectivity index (χ1v) is 17.3.